The zero-order chi connectivity index (χ0) is 14.4. The monoisotopic (exact) mass is 298 g/mol. The number of nitrogens with zero attached hydrogens (tertiary/aromatic N) is 6. The first-order valence-electron chi connectivity index (χ1n) is 6.47. The van der Waals surface area contributed by atoms with Crippen molar-refractivity contribution in [3.8, 4) is 0 Å². The molecule has 3 aromatic heterocycles. The van der Waals surface area contributed by atoms with E-state index in [4.69, 9.17) is 11.6 Å². The number of aryl methyl sites for hydroxylation is 1. The average molecular weight is 299 g/mol. The second-order valence-corrected chi connectivity index (χ2v) is 5.16. The molecule has 3 heterocycles. The van der Waals surface area contributed by atoms with E-state index in [0.29, 0.717) is 17.5 Å². The molecule has 7 heteroatoms. The highest BCUT2D eigenvalue weighted by Gasteiger charge is 2.11. The highest BCUT2D eigenvalue weighted by Crippen LogP contribution is 2.20. The Kier molecular flexibility index (Phi) is 2.65. The fraction of sp³-hybridized carbons (Fsp3) is 0.143. The summed E-state index contributed by atoms with van der Waals surface area (Å²) >= 11 is 6.20. The van der Waals surface area contributed by atoms with Gasteiger partial charge < -0.3 is 0 Å². The van der Waals surface area contributed by atoms with Gasteiger partial charge in [0.05, 0.1) is 23.3 Å². The predicted molar refractivity (Wildman–Crippen MR) is 80.1 cm³/mol. The highest BCUT2D eigenvalue weighted by atomic mass is 35.5. The van der Waals surface area contributed by atoms with Gasteiger partial charge in [0.2, 0.25) is 0 Å². The summed E-state index contributed by atoms with van der Waals surface area (Å²) in [6, 6.07) is 8.02. The number of para-hydroxylation sites is 1. The van der Waals surface area contributed by atoms with Gasteiger partial charge >= 0.3 is 0 Å². The number of benzene rings is 1. The van der Waals surface area contributed by atoms with E-state index in [0.717, 1.165) is 21.9 Å². The lowest BCUT2D eigenvalue weighted by atomic mass is 10.2. The summed E-state index contributed by atoms with van der Waals surface area (Å²) in [7, 11) is 1.83. The Bertz CT molecular complexity index is 955. The van der Waals surface area contributed by atoms with Crippen molar-refractivity contribution in [2.45, 2.75) is 6.54 Å². The van der Waals surface area contributed by atoms with Crippen LogP contribution in [-0.4, -0.2) is 29.5 Å². The van der Waals surface area contributed by atoms with Crippen molar-refractivity contribution in [1.29, 1.82) is 0 Å². The molecule has 1 aromatic carbocycles. The van der Waals surface area contributed by atoms with E-state index in [2.05, 4.69) is 20.2 Å². The lowest BCUT2D eigenvalue weighted by molar-refractivity contribution is 0.676. The van der Waals surface area contributed by atoms with Gasteiger partial charge in [0, 0.05) is 12.4 Å². The molecule has 0 aliphatic carbocycles. The van der Waals surface area contributed by atoms with Crippen molar-refractivity contribution in [2.75, 3.05) is 0 Å². The van der Waals surface area contributed by atoms with Crippen molar-refractivity contribution in [1.82, 2.24) is 29.5 Å². The normalized spacial score (nSPS) is 11.5. The molecule has 0 atom stereocenters. The molecule has 0 aliphatic rings. The van der Waals surface area contributed by atoms with Gasteiger partial charge in [-0.05, 0) is 6.07 Å². The molecule has 4 aromatic rings. The fourth-order valence-corrected chi connectivity index (χ4v) is 2.62. The van der Waals surface area contributed by atoms with Gasteiger partial charge in [-0.2, -0.15) is 10.2 Å². The number of halogens is 1. The maximum Gasteiger partial charge on any atom is 0.162 e. The van der Waals surface area contributed by atoms with Gasteiger partial charge in [0.1, 0.15) is 11.7 Å². The molecule has 0 N–H and O–H groups in total. The lowest BCUT2D eigenvalue weighted by Crippen LogP contribution is -2.07. The van der Waals surface area contributed by atoms with Gasteiger partial charge in [-0.3, -0.25) is 9.36 Å². The lowest BCUT2D eigenvalue weighted by Gasteiger charge is -2.04. The molecular formula is C14H11ClN6. The first-order chi connectivity index (χ1) is 10.2. The van der Waals surface area contributed by atoms with E-state index in [1.54, 1.807) is 10.9 Å². The summed E-state index contributed by atoms with van der Waals surface area (Å²) in [4.78, 5) is 8.86. The summed E-state index contributed by atoms with van der Waals surface area (Å²) in [6.07, 6.45) is 3.50. The van der Waals surface area contributed by atoms with E-state index in [1.807, 2.05) is 42.2 Å². The molecule has 0 saturated carbocycles. The molecule has 21 heavy (non-hydrogen) atoms. The minimum atomic E-state index is 0.416. The van der Waals surface area contributed by atoms with E-state index in [-0.39, 0.29) is 0 Å². The molecule has 0 spiro atoms. The van der Waals surface area contributed by atoms with Crippen molar-refractivity contribution in [3.05, 3.63) is 47.6 Å². The van der Waals surface area contributed by atoms with Gasteiger partial charge in [-0.25, -0.2) is 9.97 Å². The summed E-state index contributed by atoms with van der Waals surface area (Å²) < 4.78 is 3.55. The molecule has 0 unspecified atom stereocenters. The zero-order valence-corrected chi connectivity index (χ0v) is 12.0. The van der Waals surface area contributed by atoms with Crippen LogP contribution in [0.4, 0.5) is 0 Å². The Morgan fingerprint density at radius 3 is 2.86 bits per heavy atom. The third-order valence-electron chi connectivity index (χ3n) is 3.43. The standard InChI is InChI=1S/C14H11ClN6/c1-20-14-10(7-16-20)13(15)18-12(19-14)8-21-11-5-3-2-4-9(11)6-17-21/h2-7H,8H2,1H3. The third kappa shape index (κ3) is 1.95. The number of hydrogen-bond donors (Lipinski definition) is 0. The van der Waals surface area contributed by atoms with E-state index in [9.17, 15) is 0 Å². The van der Waals surface area contributed by atoms with Crippen LogP contribution in [0.25, 0.3) is 21.9 Å². The van der Waals surface area contributed by atoms with Crippen LogP contribution >= 0.6 is 11.6 Å². The smallest absolute Gasteiger partial charge is 0.162 e. The Balaban J connectivity index is 1.82. The van der Waals surface area contributed by atoms with Gasteiger partial charge in [0.25, 0.3) is 0 Å². The van der Waals surface area contributed by atoms with Crippen LogP contribution < -0.4 is 0 Å². The van der Waals surface area contributed by atoms with Crippen LogP contribution in [0.3, 0.4) is 0 Å². The number of hydrogen-bond acceptors (Lipinski definition) is 4. The summed E-state index contributed by atoms with van der Waals surface area (Å²) in [5.74, 6) is 0.616. The first kappa shape index (κ1) is 12.3. The second kappa shape index (κ2) is 4.53. The minimum absolute atomic E-state index is 0.416. The molecule has 0 amide bonds. The molecule has 0 saturated heterocycles. The van der Waals surface area contributed by atoms with Gasteiger partial charge in [-0.1, -0.05) is 29.8 Å². The molecule has 0 radical (unpaired) electrons. The summed E-state index contributed by atoms with van der Waals surface area (Å²) in [5, 5.41) is 10.8. The maximum absolute atomic E-state index is 6.20. The zero-order valence-electron chi connectivity index (χ0n) is 11.2. The Hall–Kier alpha value is -2.47. The van der Waals surface area contributed by atoms with Crippen LogP contribution in [0.5, 0.6) is 0 Å². The Morgan fingerprint density at radius 1 is 1.10 bits per heavy atom. The molecule has 0 bridgehead atoms. The third-order valence-corrected chi connectivity index (χ3v) is 3.72. The summed E-state index contributed by atoms with van der Waals surface area (Å²) in [5.41, 5.74) is 1.77. The number of fused-ring (bicyclic) bond motifs is 2. The molecular weight excluding hydrogens is 288 g/mol. The molecule has 0 fully saturated rings. The quantitative estimate of drug-likeness (QED) is 0.533. The van der Waals surface area contributed by atoms with E-state index >= 15 is 0 Å². The summed E-state index contributed by atoms with van der Waals surface area (Å²) in [6.45, 7) is 0.467. The minimum Gasteiger partial charge on any atom is -0.257 e. The predicted octanol–water partition coefficient (Wildman–Crippen LogP) is 2.41. The van der Waals surface area contributed by atoms with Crippen LogP contribution in [0.2, 0.25) is 5.15 Å². The molecule has 0 aliphatic heterocycles. The van der Waals surface area contributed by atoms with E-state index in [1.165, 1.54) is 0 Å². The van der Waals surface area contributed by atoms with Crippen molar-refractivity contribution >= 4 is 33.5 Å². The SMILES string of the molecule is Cn1ncc2c(Cl)nc(Cn3ncc4ccccc43)nc21. The van der Waals surface area contributed by atoms with Crippen LogP contribution in [0.1, 0.15) is 5.82 Å². The second-order valence-electron chi connectivity index (χ2n) is 4.80. The van der Waals surface area contributed by atoms with Crippen molar-refractivity contribution in [2.24, 2.45) is 7.05 Å². The van der Waals surface area contributed by atoms with Crippen molar-refractivity contribution < 1.29 is 0 Å². The average Bonchev–Trinajstić information content (AvgIpc) is 3.05. The number of aromatic nitrogens is 6. The number of rotatable bonds is 2. The highest BCUT2D eigenvalue weighted by molar-refractivity contribution is 6.33. The van der Waals surface area contributed by atoms with Crippen LogP contribution in [0.15, 0.2) is 36.7 Å². The van der Waals surface area contributed by atoms with Crippen molar-refractivity contribution in [3.63, 3.8) is 0 Å². The van der Waals surface area contributed by atoms with E-state index < -0.39 is 0 Å². The molecule has 4 rings (SSSR count). The topological polar surface area (TPSA) is 61.4 Å². The largest absolute Gasteiger partial charge is 0.257 e. The Morgan fingerprint density at radius 2 is 1.95 bits per heavy atom. The van der Waals surface area contributed by atoms with Gasteiger partial charge in [0.15, 0.2) is 11.5 Å². The van der Waals surface area contributed by atoms with Gasteiger partial charge in [-0.15, -0.1) is 0 Å². The molecule has 6 nitrogen and oxygen atoms in total. The van der Waals surface area contributed by atoms with Crippen LogP contribution in [-0.2, 0) is 13.6 Å². The molecule has 104 valence electrons. The van der Waals surface area contributed by atoms with Crippen LogP contribution in [0, 0.1) is 0 Å². The fourth-order valence-electron chi connectivity index (χ4n) is 2.39. The Labute approximate surface area is 125 Å². The maximum atomic E-state index is 6.20. The first-order valence-corrected chi connectivity index (χ1v) is 6.85.